The van der Waals surface area contributed by atoms with E-state index in [1.807, 2.05) is 39.0 Å². The van der Waals surface area contributed by atoms with Crippen molar-refractivity contribution in [2.24, 2.45) is 5.92 Å². The molecule has 0 bridgehead atoms. The minimum Gasteiger partial charge on any atom is -0.492 e. The summed E-state index contributed by atoms with van der Waals surface area (Å²) in [5.41, 5.74) is 2.01. The maximum Gasteiger partial charge on any atom is 0.261 e. The van der Waals surface area contributed by atoms with Crippen molar-refractivity contribution in [2.45, 2.75) is 20.8 Å². The van der Waals surface area contributed by atoms with E-state index in [0.29, 0.717) is 28.9 Å². The van der Waals surface area contributed by atoms with Crippen molar-refractivity contribution >= 4 is 56.5 Å². The van der Waals surface area contributed by atoms with Gasteiger partial charge in [-0.3, -0.25) is 10.1 Å². The molecule has 2 aromatic rings. The van der Waals surface area contributed by atoms with Crippen molar-refractivity contribution in [1.82, 2.24) is 5.32 Å². The summed E-state index contributed by atoms with van der Waals surface area (Å²) in [6.45, 7) is 6.49. The van der Waals surface area contributed by atoms with Crippen molar-refractivity contribution in [1.29, 1.82) is 0 Å². The number of ether oxygens (including phenoxy) is 1. The van der Waals surface area contributed by atoms with Gasteiger partial charge in [0.05, 0.1) is 12.2 Å². The van der Waals surface area contributed by atoms with E-state index in [1.165, 1.54) is 0 Å². The molecular weight excluding hydrogens is 436 g/mol. The Morgan fingerprint density at radius 3 is 2.73 bits per heavy atom. The molecule has 7 heteroatoms. The third kappa shape index (κ3) is 5.69. The number of hydrogen-bond acceptors (Lipinski definition) is 3. The molecule has 2 rings (SSSR count). The summed E-state index contributed by atoms with van der Waals surface area (Å²) in [6.07, 6.45) is 0. The van der Waals surface area contributed by atoms with Crippen LogP contribution in [0.25, 0.3) is 0 Å². The van der Waals surface area contributed by atoms with E-state index in [2.05, 4.69) is 26.6 Å². The molecule has 0 saturated heterocycles. The molecule has 4 nitrogen and oxygen atoms in total. The maximum atomic E-state index is 12.6. The highest BCUT2D eigenvalue weighted by atomic mass is 79.9. The van der Waals surface area contributed by atoms with Gasteiger partial charge >= 0.3 is 0 Å². The SMILES string of the molecule is Cc1c(Cl)cccc1NC(=S)NC(=O)c1cc(Br)ccc1OCC(C)C. The zero-order valence-electron chi connectivity index (χ0n) is 14.7. The summed E-state index contributed by atoms with van der Waals surface area (Å²) in [4.78, 5) is 12.6. The fourth-order valence-corrected chi connectivity index (χ4v) is 2.87. The van der Waals surface area contributed by atoms with E-state index in [-0.39, 0.29) is 11.0 Å². The lowest BCUT2D eigenvalue weighted by atomic mass is 10.2. The van der Waals surface area contributed by atoms with Crippen LogP contribution in [-0.2, 0) is 0 Å². The molecule has 2 N–H and O–H groups in total. The predicted molar refractivity (Wildman–Crippen MR) is 114 cm³/mol. The molecule has 0 aliphatic carbocycles. The van der Waals surface area contributed by atoms with Gasteiger partial charge in [0.1, 0.15) is 5.75 Å². The summed E-state index contributed by atoms with van der Waals surface area (Å²) < 4.78 is 6.53. The average Bonchev–Trinajstić information content (AvgIpc) is 2.57. The smallest absolute Gasteiger partial charge is 0.261 e. The number of benzene rings is 2. The van der Waals surface area contributed by atoms with Crippen LogP contribution in [0.15, 0.2) is 40.9 Å². The van der Waals surface area contributed by atoms with Crippen LogP contribution in [0.4, 0.5) is 5.69 Å². The van der Waals surface area contributed by atoms with E-state index in [1.54, 1.807) is 18.2 Å². The van der Waals surface area contributed by atoms with Gasteiger partial charge in [-0.2, -0.15) is 0 Å². The van der Waals surface area contributed by atoms with E-state index >= 15 is 0 Å². The first-order valence-electron chi connectivity index (χ1n) is 8.07. The Morgan fingerprint density at radius 2 is 2.04 bits per heavy atom. The standard InChI is InChI=1S/C19H20BrClN2O2S/c1-11(2)10-25-17-8-7-13(20)9-14(17)18(24)23-19(26)22-16-6-4-5-15(21)12(16)3/h4-9,11H,10H2,1-3H3,(H2,22,23,24,26). The molecule has 0 spiro atoms. The average molecular weight is 456 g/mol. The number of carbonyl (C=O) groups excluding carboxylic acids is 1. The minimum atomic E-state index is -0.345. The van der Waals surface area contributed by atoms with Gasteiger partial charge in [-0.05, 0) is 61.0 Å². The summed E-state index contributed by atoms with van der Waals surface area (Å²) in [7, 11) is 0. The second-order valence-corrected chi connectivity index (χ2v) is 7.90. The molecule has 0 radical (unpaired) electrons. The predicted octanol–water partition coefficient (Wildman–Crippen LogP) is 5.57. The number of anilines is 1. The molecular formula is C19H20BrClN2O2S. The van der Waals surface area contributed by atoms with E-state index < -0.39 is 0 Å². The summed E-state index contributed by atoms with van der Waals surface area (Å²) >= 11 is 14.7. The van der Waals surface area contributed by atoms with Crippen LogP contribution >= 0.6 is 39.7 Å². The maximum absolute atomic E-state index is 12.6. The van der Waals surface area contributed by atoms with Crippen molar-refractivity contribution in [3.63, 3.8) is 0 Å². The largest absolute Gasteiger partial charge is 0.492 e. The van der Waals surface area contributed by atoms with E-state index in [4.69, 9.17) is 28.6 Å². The van der Waals surface area contributed by atoms with Gasteiger partial charge in [0.2, 0.25) is 0 Å². The Morgan fingerprint density at radius 1 is 1.31 bits per heavy atom. The Kier molecular flexibility index (Phi) is 7.43. The van der Waals surface area contributed by atoms with Gasteiger partial charge in [-0.25, -0.2) is 0 Å². The van der Waals surface area contributed by atoms with Gasteiger partial charge < -0.3 is 10.1 Å². The zero-order valence-corrected chi connectivity index (χ0v) is 17.9. The zero-order chi connectivity index (χ0) is 19.3. The Balaban J connectivity index is 2.12. The van der Waals surface area contributed by atoms with Gasteiger partial charge in [-0.1, -0.05) is 47.4 Å². The molecule has 0 aliphatic rings. The molecule has 0 saturated carbocycles. The molecule has 2 aromatic carbocycles. The minimum absolute atomic E-state index is 0.190. The van der Waals surface area contributed by atoms with Crippen LogP contribution < -0.4 is 15.4 Å². The lowest BCUT2D eigenvalue weighted by Crippen LogP contribution is -2.34. The molecule has 138 valence electrons. The third-order valence-corrected chi connectivity index (χ3v) is 4.61. The van der Waals surface area contributed by atoms with Crippen LogP contribution in [0.2, 0.25) is 5.02 Å². The second kappa shape index (κ2) is 9.35. The van der Waals surface area contributed by atoms with Crippen molar-refractivity contribution in [2.75, 3.05) is 11.9 Å². The highest BCUT2D eigenvalue weighted by Gasteiger charge is 2.16. The number of halogens is 2. The monoisotopic (exact) mass is 454 g/mol. The first-order chi connectivity index (χ1) is 12.3. The van der Waals surface area contributed by atoms with Gasteiger partial charge in [-0.15, -0.1) is 0 Å². The summed E-state index contributed by atoms with van der Waals surface area (Å²) in [6, 6.07) is 10.8. The Labute approximate surface area is 172 Å². The van der Waals surface area contributed by atoms with Crippen LogP contribution in [0.1, 0.15) is 29.8 Å². The highest BCUT2D eigenvalue weighted by molar-refractivity contribution is 9.10. The topological polar surface area (TPSA) is 50.4 Å². The van der Waals surface area contributed by atoms with Gasteiger partial charge in [0.25, 0.3) is 5.91 Å². The highest BCUT2D eigenvalue weighted by Crippen LogP contribution is 2.25. The Bertz CT molecular complexity index is 827. The number of nitrogens with one attached hydrogen (secondary N) is 2. The first kappa shape index (κ1) is 20.7. The number of carbonyl (C=O) groups is 1. The third-order valence-electron chi connectivity index (χ3n) is 3.50. The van der Waals surface area contributed by atoms with Crippen LogP contribution in [-0.4, -0.2) is 17.6 Å². The van der Waals surface area contributed by atoms with E-state index in [9.17, 15) is 4.79 Å². The lowest BCUT2D eigenvalue weighted by molar-refractivity contribution is 0.0973. The molecule has 0 aromatic heterocycles. The van der Waals surface area contributed by atoms with Gasteiger partial charge in [0.15, 0.2) is 5.11 Å². The number of thiocarbonyl (C=S) groups is 1. The van der Waals surface area contributed by atoms with Crippen molar-refractivity contribution < 1.29 is 9.53 Å². The molecule has 0 atom stereocenters. The molecule has 0 heterocycles. The van der Waals surface area contributed by atoms with Crippen LogP contribution in [0.5, 0.6) is 5.75 Å². The Hall–Kier alpha value is -1.63. The van der Waals surface area contributed by atoms with E-state index in [0.717, 1.165) is 15.7 Å². The van der Waals surface area contributed by atoms with Crippen LogP contribution in [0.3, 0.4) is 0 Å². The molecule has 0 aliphatic heterocycles. The molecule has 1 amide bonds. The van der Waals surface area contributed by atoms with Crippen LogP contribution in [0, 0.1) is 12.8 Å². The number of hydrogen-bond donors (Lipinski definition) is 2. The molecule has 26 heavy (non-hydrogen) atoms. The fourth-order valence-electron chi connectivity index (χ4n) is 2.13. The normalized spacial score (nSPS) is 10.5. The summed E-state index contributed by atoms with van der Waals surface area (Å²) in [5.74, 6) is 0.520. The van der Waals surface area contributed by atoms with Crippen molar-refractivity contribution in [3.8, 4) is 5.75 Å². The van der Waals surface area contributed by atoms with Crippen molar-refractivity contribution in [3.05, 3.63) is 57.0 Å². The summed E-state index contributed by atoms with van der Waals surface area (Å²) in [5, 5.41) is 6.50. The van der Waals surface area contributed by atoms with Gasteiger partial charge in [0, 0.05) is 15.2 Å². The quantitative estimate of drug-likeness (QED) is 0.579. The fraction of sp³-hybridized carbons (Fsp3) is 0.263. The second-order valence-electron chi connectivity index (χ2n) is 6.17. The molecule has 0 unspecified atom stereocenters. The number of amides is 1. The molecule has 0 fully saturated rings. The number of rotatable bonds is 5. The first-order valence-corrected chi connectivity index (χ1v) is 9.65. The lowest BCUT2D eigenvalue weighted by Gasteiger charge is -2.15.